The summed E-state index contributed by atoms with van der Waals surface area (Å²) in [7, 11) is 6.33. The number of fused-ring (bicyclic) bond motifs is 4. The van der Waals surface area contributed by atoms with Crippen molar-refractivity contribution < 1.29 is 42.0 Å². The number of ether oxygens (including phenoxy) is 6. The highest BCUT2D eigenvalue weighted by Crippen LogP contribution is 2.39. The topological polar surface area (TPSA) is 131 Å². The minimum Gasteiger partial charge on any atom is -0.493 e. The van der Waals surface area contributed by atoms with Gasteiger partial charge >= 0.3 is 6.03 Å². The van der Waals surface area contributed by atoms with Crippen molar-refractivity contribution in [3.63, 3.8) is 0 Å². The lowest BCUT2D eigenvalue weighted by atomic mass is 10.1. The van der Waals surface area contributed by atoms with E-state index in [1.54, 1.807) is 89.5 Å². The second-order valence-electron chi connectivity index (χ2n) is 13.0. The maximum atomic E-state index is 13.9. The molecule has 296 valence electrons. The molecule has 4 heterocycles. The second-order valence-corrected chi connectivity index (χ2v) is 13.0. The quantitative estimate of drug-likeness (QED) is 0.147. The van der Waals surface area contributed by atoms with E-state index in [0.717, 1.165) is 50.1 Å². The van der Waals surface area contributed by atoms with E-state index < -0.39 is 17.7 Å². The Balaban J connectivity index is 0.000000176. The first-order chi connectivity index (χ1) is 28.7. The van der Waals surface area contributed by atoms with Crippen molar-refractivity contribution in [2.75, 3.05) is 33.8 Å². The molecule has 0 spiro atoms. The molecule has 0 unspecified atom stereocenters. The van der Waals surface area contributed by atoms with Gasteiger partial charge in [-0.05, 0) is 84.9 Å². The number of aromatic amines is 1. The summed E-state index contributed by atoms with van der Waals surface area (Å²) < 4.78 is 62.1. The van der Waals surface area contributed by atoms with Crippen LogP contribution in [0, 0.1) is 11.6 Å². The van der Waals surface area contributed by atoms with E-state index in [1.165, 1.54) is 10.6 Å². The Labute approximate surface area is 335 Å². The average Bonchev–Trinajstić information content (AvgIpc) is 3.91. The van der Waals surface area contributed by atoms with Crippen LogP contribution in [0.2, 0.25) is 0 Å². The van der Waals surface area contributed by atoms with Crippen molar-refractivity contribution >= 4 is 55.3 Å². The third-order valence-corrected chi connectivity index (χ3v) is 9.45. The zero-order chi connectivity index (χ0) is 41.0. The van der Waals surface area contributed by atoms with E-state index in [2.05, 4.69) is 20.3 Å². The number of hydrogen-bond donors (Lipinski definition) is 2. The van der Waals surface area contributed by atoms with Crippen molar-refractivity contribution in [2.45, 2.75) is 0 Å². The second kappa shape index (κ2) is 16.3. The van der Waals surface area contributed by atoms with Crippen LogP contribution in [-0.4, -0.2) is 54.0 Å². The summed E-state index contributed by atoms with van der Waals surface area (Å²) in [4.78, 5) is 24.6. The molecule has 0 saturated heterocycles. The summed E-state index contributed by atoms with van der Waals surface area (Å²) in [5.74, 6) is 3.41. The van der Waals surface area contributed by atoms with Gasteiger partial charge in [-0.15, -0.1) is 0 Å². The number of anilines is 1. The Morgan fingerprint density at radius 3 is 1.78 bits per heavy atom. The fourth-order valence-corrected chi connectivity index (χ4v) is 6.55. The molecule has 0 aliphatic rings. The summed E-state index contributed by atoms with van der Waals surface area (Å²) in [6.07, 6.45) is 6.83. The van der Waals surface area contributed by atoms with E-state index in [9.17, 15) is 13.6 Å². The Hall–Kier alpha value is -7.87. The standard InChI is InChI=1S/C26H19F2N3O4.C19H16N2O3/c1-33-24-13-18-21(14-25(24)34-2)29-9-7-23(18)35-17-4-6-22-15(11-17)8-10-31(22)26(32)30-20-5-3-16(27)12-19(20)28;1-22-18-10-14-16(11-19(18)23-2)21-8-6-17(14)24-13-3-4-15-12(9-13)5-7-20-15/h3-14H,1-2H3,(H,30,32);3-11,20H,1-2H3. The third-order valence-electron chi connectivity index (χ3n) is 9.45. The molecule has 59 heavy (non-hydrogen) atoms. The molecule has 0 radical (unpaired) electrons. The van der Waals surface area contributed by atoms with Gasteiger partial charge in [0.1, 0.15) is 34.6 Å². The van der Waals surface area contributed by atoms with Crippen molar-refractivity contribution in [1.29, 1.82) is 0 Å². The number of H-pyrrole nitrogens is 1. The molecular weight excluding hydrogens is 761 g/mol. The zero-order valence-corrected chi connectivity index (χ0v) is 32.1. The van der Waals surface area contributed by atoms with E-state index in [4.69, 9.17) is 28.4 Å². The van der Waals surface area contributed by atoms with E-state index in [0.29, 0.717) is 51.6 Å². The number of carbonyl (C=O) groups excluding carboxylic acids is 1. The maximum absolute atomic E-state index is 13.9. The number of halogens is 2. The molecule has 0 aliphatic carbocycles. The van der Waals surface area contributed by atoms with Crippen LogP contribution in [0.1, 0.15) is 0 Å². The average molecular weight is 796 g/mol. The van der Waals surface area contributed by atoms with Gasteiger partial charge in [-0.1, -0.05) is 0 Å². The van der Waals surface area contributed by atoms with Gasteiger partial charge in [0.15, 0.2) is 23.0 Å². The fourth-order valence-electron chi connectivity index (χ4n) is 6.55. The number of rotatable bonds is 9. The molecule has 0 atom stereocenters. The fraction of sp³-hybridized carbons (Fsp3) is 0.0889. The molecule has 14 heteroatoms. The molecule has 1 amide bonds. The van der Waals surface area contributed by atoms with Crippen molar-refractivity contribution in [3.8, 4) is 46.0 Å². The van der Waals surface area contributed by atoms with Crippen LogP contribution < -0.4 is 33.7 Å². The highest BCUT2D eigenvalue weighted by molar-refractivity contribution is 5.99. The number of carbonyl (C=O) groups is 1. The van der Waals surface area contributed by atoms with Crippen LogP contribution in [0.25, 0.3) is 43.6 Å². The molecule has 5 aromatic carbocycles. The minimum absolute atomic E-state index is 0.116. The largest absolute Gasteiger partial charge is 0.493 e. The van der Waals surface area contributed by atoms with Crippen molar-refractivity contribution in [2.24, 2.45) is 0 Å². The van der Waals surface area contributed by atoms with Crippen LogP contribution in [0.3, 0.4) is 0 Å². The third kappa shape index (κ3) is 7.79. The first-order valence-electron chi connectivity index (χ1n) is 18.1. The zero-order valence-electron chi connectivity index (χ0n) is 32.1. The minimum atomic E-state index is -0.857. The van der Waals surface area contributed by atoms with Crippen LogP contribution in [-0.2, 0) is 0 Å². The number of amides is 1. The van der Waals surface area contributed by atoms with Gasteiger partial charge in [0.05, 0.1) is 50.7 Å². The highest BCUT2D eigenvalue weighted by atomic mass is 19.1. The number of nitrogens with zero attached hydrogens (tertiary/aromatic N) is 3. The molecule has 0 fully saturated rings. The first kappa shape index (κ1) is 38.0. The van der Waals surface area contributed by atoms with E-state index >= 15 is 0 Å². The van der Waals surface area contributed by atoms with Gasteiger partial charge in [-0.25, -0.2) is 13.6 Å². The Morgan fingerprint density at radius 1 is 0.610 bits per heavy atom. The van der Waals surface area contributed by atoms with Crippen LogP contribution >= 0.6 is 0 Å². The van der Waals surface area contributed by atoms with E-state index in [1.807, 2.05) is 48.7 Å². The smallest absolute Gasteiger partial charge is 0.330 e. The molecule has 9 aromatic rings. The van der Waals surface area contributed by atoms with Gasteiger partial charge in [0, 0.05) is 70.0 Å². The Kier molecular flexibility index (Phi) is 10.5. The van der Waals surface area contributed by atoms with Gasteiger partial charge in [-0.2, -0.15) is 0 Å². The van der Waals surface area contributed by atoms with Crippen molar-refractivity contribution in [3.05, 3.63) is 140 Å². The summed E-state index contributed by atoms with van der Waals surface area (Å²) >= 11 is 0. The molecular formula is C45H35F2N5O7. The highest BCUT2D eigenvalue weighted by Gasteiger charge is 2.16. The van der Waals surface area contributed by atoms with Crippen LogP contribution in [0.5, 0.6) is 46.0 Å². The number of methoxy groups -OCH3 is 4. The Morgan fingerprint density at radius 2 is 1.19 bits per heavy atom. The van der Waals surface area contributed by atoms with Gasteiger partial charge in [-0.3, -0.25) is 14.5 Å². The van der Waals surface area contributed by atoms with Gasteiger partial charge < -0.3 is 38.7 Å². The molecule has 0 saturated carbocycles. The number of hydrogen-bond acceptors (Lipinski definition) is 9. The lowest BCUT2D eigenvalue weighted by molar-refractivity contribution is 0.254. The summed E-state index contributed by atoms with van der Waals surface area (Å²) in [6.45, 7) is 0. The molecule has 0 aliphatic heterocycles. The van der Waals surface area contributed by atoms with Gasteiger partial charge in [0.2, 0.25) is 0 Å². The summed E-state index contributed by atoms with van der Waals surface area (Å²) in [5, 5.41) is 5.89. The van der Waals surface area contributed by atoms with Crippen LogP contribution in [0.4, 0.5) is 19.3 Å². The monoisotopic (exact) mass is 795 g/mol. The Bertz CT molecular complexity index is 3000. The molecule has 12 nitrogen and oxygen atoms in total. The first-order valence-corrected chi connectivity index (χ1v) is 18.1. The number of nitrogens with one attached hydrogen (secondary N) is 2. The van der Waals surface area contributed by atoms with E-state index in [-0.39, 0.29) is 5.69 Å². The lowest BCUT2D eigenvalue weighted by Crippen LogP contribution is -2.19. The lowest BCUT2D eigenvalue weighted by Gasteiger charge is -2.12. The molecule has 4 aromatic heterocycles. The SMILES string of the molecule is COc1cc2nccc(Oc3ccc4[nH]ccc4c3)c2cc1OC.COc1cc2nccc(Oc3ccc4c(ccn4C(=O)Nc4ccc(F)cc4F)c3)c2cc1OC. The number of aromatic nitrogens is 4. The normalized spacial score (nSPS) is 10.9. The number of benzene rings is 5. The van der Waals surface area contributed by atoms with Crippen LogP contribution in [0.15, 0.2) is 128 Å². The summed E-state index contributed by atoms with van der Waals surface area (Å²) in [5.41, 5.74) is 3.01. The molecule has 9 rings (SSSR count). The predicted octanol–water partition coefficient (Wildman–Crippen LogP) is 10.9. The molecule has 0 bridgehead atoms. The van der Waals surface area contributed by atoms with Gasteiger partial charge in [0.25, 0.3) is 0 Å². The molecule has 2 N–H and O–H groups in total. The number of pyridine rings is 2. The summed E-state index contributed by atoms with van der Waals surface area (Å²) in [6, 6.07) is 28.2. The van der Waals surface area contributed by atoms with Crippen molar-refractivity contribution in [1.82, 2.24) is 19.5 Å². The predicted molar refractivity (Wildman–Crippen MR) is 221 cm³/mol. The maximum Gasteiger partial charge on any atom is 0.330 e.